The summed E-state index contributed by atoms with van der Waals surface area (Å²) < 4.78 is 0. The summed E-state index contributed by atoms with van der Waals surface area (Å²) in [6.45, 7) is 0. The number of aromatic amines is 2. The molecule has 2 aromatic heterocycles. The summed E-state index contributed by atoms with van der Waals surface area (Å²) in [6.07, 6.45) is 3.08. The van der Waals surface area contributed by atoms with Gasteiger partial charge in [-0.25, -0.2) is 4.98 Å². The molecule has 0 saturated heterocycles. The largest absolute Gasteiger partial charge is 0.313 e. The van der Waals surface area contributed by atoms with Crippen molar-refractivity contribution in [2.75, 3.05) is 0 Å². The fourth-order valence-electron chi connectivity index (χ4n) is 1.65. The molecule has 0 fully saturated rings. The Morgan fingerprint density at radius 2 is 2.12 bits per heavy atom. The number of hydrogen-bond donors (Lipinski definition) is 2. The van der Waals surface area contributed by atoms with Gasteiger partial charge >= 0.3 is 0 Å². The van der Waals surface area contributed by atoms with Gasteiger partial charge in [0.15, 0.2) is 0 Å². The Morgan fingerprint density at radius 1 is 1.19 bits per heavy atom. The van der Waals surface area contributed by atoms with Gasteiger partial charge in [0.2, 0.25) is 0 Å². The summed E-state index contributed by atoms with van der Waals surface area (Å²) in [5.74, 6) is 0. The van der Waals surface area contributed by atoms with E-state index in [1.807, 2.05) is 18.2 Å². The first kappa shape index (κ1) is 8.84. The highest BCUT2D eigenvalue weighted by Crippen LogP contribution is 2.19. The smallest absolute Gasteiger partial charge is 0.258 e. The van der Waals surface area contributed by atoms with Gasteiger partial charge in [-0.2, -0.15) is 5.10 Å². The van der Waals surface area contributed by atoms with Crippen LogP contribution in [0.3, 0.4) is 0 Å². The fourth-order valence-corrected chi connectivity index (χ4v) is 1.65. The zero-order valence-corrected chi connectivity index (χ0v) is 8.27. The van der Waals surface area contributed by atoms with Crippen LogP contribution >= 0.6 is 0 Å². The summed E-state index contributed by atoms with van der Waals surface area (Å²) in [5.41, 5.74) is 2.35. The lowest BCUT2D eigenvalue weighted by atomic mass is 10.1. The standard InChI is InChI=1S/C11H8N4O/c16-11-8-5-7(9-3-4-14-15-9)1-2-10(8)12-6-13-11/h1-6H,(H,14,15)(H,12,13,16). The number of aromatic nitrogens is 4. The Balaban J connectivity index is 2.31. The minimum absolute atomic E-state index is 0.133. The molecule has 0 aliphatic carbocycles. The fraction of sp³-hybridized carbons (Fsp3) is 0. The van der Waals surface area contributed by atoms with Crippen molar-refractivity contribution in [3.63, 3.8) is 0 Å². The van der Waals surface area contributed by atoms with E-state index in [-0.39, 0.29) is 5.56 Å². The second-order valence-corrected chi connectivity index (χ2v) is 3.43. The topological polar surface area (TPSA) is 74.4 Å². The Morgan fingerprint density at radius 3 is 2.94 bits per heavy atom. The van der Waals surface area contributed by atoms with Gasteiger partial charge in [-0.3, -0.25) is 9.89 Å². The van der Waals surface area contributed by atoms with Crippen LogP contribution in [0.4, 0.5) is 0 Å². The van der Waals surface area contributed by atoms with Gasteiger partial charge in [-0.1, -0.05) is 6.07 Å². The molecule has 3 rings (SSSR count). The van der Waals surface area contributed by atoms with Crippen LogP contribution in [0.25, 0.3) is 22.2 Å². The molecule has 0 atom stereocenters. The van der Waals surface area contributed by atoms with Gasteiger partial charge in [0.1, 0.15) is 0 Å². The number of benzene rings is 1. The average molecular weight is 212 g/mol. The third kappa shape index (κ3) is 1.30. The average Bonchev–Trinajstić information content (AvgIpc) is 2.83. The van der Waals surface area contributed by atoms with Crippen molar-refractivity contribution in [1.82, 2.24) is 20.2 Å². The molecular formula is C11H8N4O. The third-order valence-electron chi connectivity index (χ3n) is 2.45. The monoisotopic (exact) mass is 212 g/mol. The Kier molecular flexibility index (Phi) is 1.83. The van der Waals surface area contributed by atoms with E-state index in [1.54, 1.807) is 12.3 Å². The lowest BCUT2D eigenvalue weighted by Gasteiger charge is -1.99. The van der Waals surface area contributed by atoms with Crippen LogP contribution in [0.1, 0.15) is 0 Å². The van der Waals surface area contributed by atoms with Crippen molar-refractivity contribution in [3.8, 4) is 11.3 Å². The van der Waals surface area contributed by atoms with Crippen molar-refractivity contribution in [2.24, 2.45) is 0 Å². The van der Waals surface area contributed by atoms with E-state index >= 15 is 0 Å². The molecule has 3 aromatic rings. The van der Waals surface area contributed by atoms with E-state index in [1.165, 1.54) is 6.33 Å². The zero-order chi connectivity index (χ0) is 11.0. The second kappa shape index (κ2) is 3.30. The molecule has 16 heavy (non-hydrogen) atoms. The van der Waals surface area contributed by atoms with Crippen molar-refractivity contribution in [2.45, 2.75) is 0 Å². The van der Waals surface area contributed by atoms with Crippen molar-refractivity contribution < 1.29 is 0 Å². The highest BCUT2D eigenvalue weighted by atomic mass is 16.1. The van der Waals surface area contributed by atoms with E-state index in [4.69, 9.17) is 0 Å². The maximum Gasteiger partial charge on any atom is 0.258 e. The molecule has 0 amide bonds. The quantitative estimate of drug-likeness (QED) is 0.638. The highest BCUT2D eigenvalue weighted by molar-refractivity contribution is 5.82. The van der Waals surface area contributed by atoms with E-state index in [9.17, 15) is 4.79 Å². The van der Waals surface area contributed by atoms with Gasteiger partial charge in [-0.15, -0.1) is 0 Å². The number of nitrogens with zero attached hydrogens (tertiary/aromatic N) is 2. The van der Waals surface area contributed by atoms with Crippen LogP contribution in [-0.2, 0) is 0 Å². The van der Waals surface area contributed by atoms with Crippen LogP contribution in [0, 0.1) is 0 Å². The van der Waals surface area contributed by atoms with E-state index in [2.05, 4.69) is 20.2 Å². The van der Waals surface area contributed by atoms with Gasteiger partial charge in [0.05, 0.1) is 22.9 Å². The minimum atomic E-state index is -0.133. The van der Waals surface area contributed by atoms with Crippen LogP contribution < -0.4 is 5.56 Å². The zero-order valence-electron chi connectivity index (χ0n) is 8.27. The van der Waals surface area contributed by atoms with Crippen LogP contribution in [0.15, 0.2) is 41.6 Å². The van der Waals surface area contributed by atoms with Crippen LogP contribution in [0.2, 0.25) is 0 Å². The van der Waals surface area contributed by atoms with Gasteiger partial charge in [0, 0.05) is 11.8 Å². The van der Waals surface area contributed by atoms with Gasteiger partial charge < -0.3 is 4.98 Å². The molecule has 0 bridgehead atoms. The summed E-state index contributed by atoms with van der Waals surface area (Å²) in [7, 11) is 0. The normalized spacial score (nSPS) is 10.8. The first-order chi connectivity index (χ1) is 7.84. The molecule has 0 spiro atoms. The highest BCUT2D eigenvalue weighted by Gasteiger charge is 2.03. The molecule has 5 nitrogen and oxygen atoms in total. The maximum absolute atomic E-state index is 11.6. The van der Waals surface area contributed by atoms with Gasteiger partial charge in [-0.05, 0) is 18.2 Å². The molecule has 1 aromatic carbocycles. The van der Waals surface area contributed by atoms with Crippen LogP contribution in [0.5, 0.6) is 0 Å². The summed E-state index contributed by atoms with van der Waals surface area (Å²) in [6, 6.07) is 7.38. The Hall–Kier alpha value is -2.43. The minimum Gasteiger partial charge on any atom is -0.313 e. The molecular weight excluding hydrogens is 204 g/mol. The molecule has 78 valence electrons. The van der Waals surface area contributed by atoms with Gasteiger partial charge in [0.25, 0.3) is 5.56 Å². The number of H-pyrrole nitrogens is 2. The number of fused-ring (bicyclic) bond motifs is 1. The molecule has 0 saturated carbocycles. The van der Waals surface area contributed by atoms with Crippen molar-refractivity contribution >= 4 is 10.9 Å². The number of nitrogens with one attached hydrogen (secondary N) is 2. The van der Waals surface area contributed by atoms with E-state index in [0.29, 0.717) is 10.9 Å². The van der Waals surface area contributed by atoms with Crippen molar-refractivity contribution in [1.29, 1.82) is 0 Å². The molecule has 0 radical (unpaired) electrons. The first-order valence-electron chi connectivity index (χ1n) is 4.82. The molecule has 2 N–H and O–H groups in total. The second-order valence-electron chi connectivity index (χ2n) is 3.43. The van der Waals surface area contributed by atoms with Crippen molar-refractivity contribution in [3.05, 3.63) is 47.1 Å². The van der Waals surface area contributed by atoms with E-state index < -0.39 is 0 Å². The summed E-state index contributed by atoms with van der Waals surface area (Å²) >= 11 is 0. The molecule has 0 aliphatic rings. The predicted octanol–water partition coefficient (Wildman–Crippen LogP) is 1.31. The lowest BCUT2D eigenvalue weighted by Crippen LogP contribution is -2.05. The summed E-state index contributed by atoms with van der Waals surface area (Å²) in [4.78, 5) is 18.2. The molecule has 2 heterocycles. The third-order valence-corrected chi connectivity index (χ3v) is 2.45. The lowest BCUT2D eigenvalue weighted by molar-refractivity contribution is 1.09. The van der Waals surface area contributed by atoms with E-state index in [0.717, 1.165) is 11.3 Å². The predicted molar refractivity (Wildman–Crippen MR) is 59.9 cm³/mol. The molecule has 0 aliphatic heterocycles. The Bertz CT molecular complexity index is 685. The number of hydrogen-bond acceptors (Lipinski definition) is 3. The molecule has 0 unspecified atom stereocenters. The maximum atomic E-state index is 11.6. The SMILES string of the molecule is O=c1[nH]cnc2ccc(-c3ccn[nH]3)cc12. The Labute approximate surface area is 90.2 Å². The van der Waals surface area contributed by atoms with Crippen LogP contribution in [-0.4, -0.2) is 20.2 Å². The number of rotatable bonds is 1. The molecule has 5 heteroatoms. The summed E-state index contributed by atoms with van der Waals surface area (Å²) in [5, 5.41) is 7.31. The first-order valence-corrected chi connectivity index (χ1v) is 4.82.